The predicted molar refractivity (Wildman–Crippen MR) is 144 cm³/mol. The van der Waals surface area contributed by atoms with Crippen LogP contribution in [-0.2, 0) is 35.2 Å². The highest BCUT2D eigenvalue weighted by Gasteiger charge is 2.32. The molecule has 5 rings (SSSR count). The lowest BCUT2D eigenvalue weighted by molar-refractivity contribution is -0.113. The van der Waals surface area contributed by atoms with Crippen LogP contribution in [0, 0.1) is 11.3 Å². The maximum absolute atomic E-state index is 12.9. The highest BCUT2D eigenvalue weighted by molar-refractivity contribution is 8.00. The molecule has 0 saturated carbocycles. The Morgan fingerprint density at radius 2 is 1.97 bits per heavy atom. The summed E-state index contributed by atoms with van der Waals surface area (Å²) in [5.41, 5.74) is 3.26. The minimum atomic E-state index is -0.342. The van der Waals surface area contributed by atoms with Gasteiger partial charge in [0.25, 0.3) is 0 Å². The van der Waals surface area contributed by atoms with E-state index in [1.165, 1.54) is 44.8 Å². The van der Waals surface area contributed by atoms with Crippen molar-refractivity contribution < 1.29 is 14.3 Å². The number of hydrogen-bond donors (Lipinski definition) is 1. The normalized spacial score (nSPS) is 17.3. The van der Waals surface area contributed by atoms with E-state index in [-0.39, 0.29) is 17.6 Å². The highest BCUT2D eigenvalue weighted by atomic mass is 32.2. The van der Waals surface area contributed by atoms with Crippen molar-refractivity contribution in [2.75, 3.05) is 17.7 Å². The van der Waals surface area contributed by atoms with E-state index in [0.717, 1.165) is 52.9 Å². The van der Waals surface area contributed by atoms with Crippen LogP contribution in [0.5, 0.6) is 0 Å². The molecule has 0 bridgehead atoms. The van der Waals surface area contributed by atoms with E-state index >= 15 is 0 Å². The predicted octanol–water partition coefficient (Wildman–Crippen LogP) is 6.30. The zero-order chi connectivity index (χ0) is 24.7. The molecule has 1 atom stereocenters. The van der Waals surface area contributed by atoms with Crippen LogP contribution in [0.1, 0.15) is 71.8 Å². The van der Waals surface area contributed by atoms with Crippen molar-refractivity contribution in [1.82, 2.24) is 9.97 Å². The average Bonchev–Trinajstić information content (AvgIpc) is 3.49. The van der Waals surface area contributed by atoms with Gasteiger partial charge in [-0.25, -0.2) is 14.8 Å². The Balaban J connectivity index is 1.33. The van der Waals surface area contributed by atoms with Crippen LogP contribution in [0.25, 0.3) is 10.2 Å². The lowest BCUT2D eigenvalue weighted by atomic mass is 9.72. The van der Waals surface area contributed by atoms with Gasteiger partial charge >= 0.3 is 5.97 Å². The fourth-order valence-corrected chi connectivity index (χ4v) is 8.59. The summed E-state index contributed by atoms with van der Waals surface area (Å²) in [7, 11) is 0. The first-order chi connectivity index (χ1) is 16.8. The summed E-state index contributed by atoms with van der Waals surface area (Å²) in [6, 6.07) is 0. The number of anilines is 1. The quantitative estimate of drug-likeness (QED) is 0.229. The number of amides is 1. The number of fused-ring (bicyclic) bond motifs is 4. The Bertz CT molecular complexity index is 1290. The zero-order valence-corrected chi connectivity index (χ0v) is 23.1. The third-order valence-corrected chi connectivity index (χ3v) is 10.4. The van der Waals surface area contributed by atoms with E-state index < -0.39 is 0 Å². The van der Waals surface area contributed by atoms with E-state index in [1.807, 2.05) is 0 Å². The minimum Gasteiger partial charge on any atom is -0.462 e. The van der Waals surface area contributed by atoms with E-state index in [0.29, 0.717) is 28.5 Å². The molecule has 1 N–H and O–H groups in total. The molecule has 0 fully saturated rings. The summed E-state index contributed by atoms with van der Waals surface area (Å²) in [6.45, 7) is 9.09. The average molecular weight is 530 g/mol. The minimum absolute atomic E-state index is 0.135. The van der Waals surface area contributed by atoms with Gasteiger partial charge in [0.15, 0.2) is 0 Å². The maximum atomic E-state index is 12.9. The fraction of sp³-hybridized carbons (Fsp3) is 0.538. The Labute approximate surface area is 218 Å². The van der Waals surface area contributed by atoms with Gasteiger partial charge in [-0.2, -0.15) is 0 Å². The number of aromatic nitrogens is 2. The molecule has 2 aliphatic carbocycles. The first kappa shape index (κ1) is 24.7. The second-order valence-electron chi connectivity index (χ2n) is 10.3. The lowest BCUT2D eigenvalue weighted by Crippen LogP contribution is -2.26. The van der Waals surface area contributed by atoms with Crippen molar-refractivity contribution in [2.45, 2.75) is 71.2 Å². The second kappa shape index (κ2) is 9.82. The Morgan fingerprint density at radius 3 is 2.74 bits per heavy atom. The summed E-state index contributed by atoms with van der Waals surface area (Å²) in [5.74, 6) is 0.417. The number of carbonyl (C=O) groups excluding carboxylic acids is 2. The number of hydrogen-bond acceptors (Lipinski definition) is 8. The van der Waals surface area contributed by atoms with Crippen LogP contribution < -0.4 is 5.32 Å². The molecule has 3 aromatic heterocycles. The molecule has 0 spiro atoms. The van der Waals surface area contributed by atoms with Crippen LogP contribution >= 0.6 is 34.4 Å². The van der Waals surface area contributed by atoms with E-state index in [2.05, 4.69) is 36.1 Å². The van der Waals surface area contributed by atoms with E-state index in [9.17, 15) is 9.59 Å². The molecule has 9 heteroatoms. The molecule has 0 radical (unpaired) electrons. The zero-order valence-electron chi connectivity index (χ0n) is 20.7. The molecule has 35 heavy (non-hydrogen) atoms. The molecule has 0 aliphatic heterocycles. The van der Waals surface area contributed by atoms with Crippen LogP contribution in [0.3, 0.4) is 0 Å². The van der Waals surface area contributed by atoms with Gasteiger partial charge in [0.2, 0.25) is 5.91 Å². The molecule has 2 aliphatic rings. The molecule has 3 heterocycles. The van der Waals surface area contributed by atoms with Gasteiger partial charge < -0.3 is 10.1 Å². The first-order valence-corrected chi connectivity index (χ1v) is 14.9. The Kier molecular flexibility index (Phi) is 6.94. The molecule has 186 valence electrons. The first-order valence-electron chi connectivity index (χ1n) is 12.3. The lowest BCUT2D eigenvalue weighted by Gasteiger charge is -2.33. The van der Waals surface area contributed by atoms with Crippen molar-refractivity contribution >= 4 is 61.5 Å². The summed E-state index contributed by atoms with van der Waals surface area (Å²) < 4.78 is 5.28. The number of esters is 1. The number of rotatable bonds is 6. The fourth-order valence-electron chi connectivity index (χ4n) is 5.14. The summed E-state index contributed by atoms with van der Waals surface area (Å²) in [5, 5.41) is 5.61. The molecular weight excluding hydrogens is 499 g/mol. The van der Waals surface area contributed by atoms with Crippen LogP contribution in [-0.4, -0.2) is 34.2 Å². The summed E-state index contributed by atoms with van der Waals surface area (Å²) in [6.07, 6.45) is 7.76. The maximum Gasteiger partial charge on any atom is 0.341 e. The number of aryl methyl sites for hydroxylation is 2. The Morgan fingerprint density at radius 1 is 1.14 bits per heavy atom. The number of nitrogens with zero attached hydrogens (tertiary/aromatic N) is 2. The molecule has 1 unspecified atom stereocenters. The SMILES string of the molecule is CCOC(=O)c1c(NC(=O)CSc2ncnc3sc4c(c23)CCC(C(C)(C)C)C4)sc2c1CCC2. The molecule has 0 aromatic carbocycles. The van der Waals surface area contributed by atoms with Crippen molar-refractivity contribution in [1.29, 1.82) is 0 Å². The van der Waals surface area contributed by atoms with Gasteiger partial charge in [-0.3, -0.25) is 4.79 Å². The van der Waals surface area contributed by atoms with Gasteiger partial charge in [-0.1, -0.05) is 32.5 Å². The van der Waals surface area contributed by atoms with Crippen molar-refractivity contribution in [3.63, 3.8) is 0 Å². The van der Waals surface area contributed by atoms with E-state index in [1.54, 1.807) is 24.6 Å². The molecular formula is C26H31N3O3S3. The third-order valence-electron chi connectivity index (χ3n) is 7.03. The highest BCUT2D eigenvalue weighted by Crippen LogP contribution is 2.45. The monoisotopic (exact) mass is 529 g/mol. The molecule has 3 aromatic rings. The van der Waals surface area contributed by atoms with Gasteiger partial charge in [0, 0.05) is 15.1 Å². The number of ether oxygens (including phenoxy) is 1. The summed E-state index contributed by atoms with van der Waals surface area (Å²) >= 11 is 4.74. The molecule has 1 amide bonds. The summed E-state index contributed by atoms with van der Waals surface area (Å²) in [4.78, 5) is 38.3. The van der Waals surface area contributed by atoms with Crippen molar-refractivity contribution in [3.05, 3.63) is 32.8 Å². The van der Waals surface area contributed by atoms with Gasteiger partial charge in [-0.15, -0.1) is 22.7 Å². The third kappa shape index (κ3) is 4.87. The standard InChI is InChI=1S/C26H31N3O3S3/c1-5-32-25(31)21-15-7-6-8-17(15)34-24(21)29-19(30)12-33-22-20-16-10-9-14(26(2,3)4)11-18(16)35-23(20)28-13-27-22/h13-14H,5-12H2,1-4H3,(H,29,30). The number of nitrogens with one attached hydrogen (secondary N) is 1. The number of thioether (sulfide) groups is 1. The molecule has 6 nitrogen and oxygen atoms in total. The Hall–Kier alpha value is -1.97. The van der Waals surface area contributed by atoms with Crippen molar-refractivity contribution in [2.24, 2.45) is 11.3 Å². The second-order valence-corrected chi connectivity index (χ2v) is 13.4. The van der Waals surface area contributed by atoms with Crippen LogP contribution in [0.4, 0.5) is 5.00 Å². The number of carbonyl (C=O) groups is 2. The molecule has 0 saturated heterocycles. The van der Waals surface area contributed by atoms with E-state index in [4.69, 9.17) is 4.74 Å². The van der Waals surface area contributed by atoms with Crippen LogP contribution in [0.2, 0.25) is 0 Å². The smallest absolute Gasteiger partial charge is 0.341 e. The van der Waals surface area contributed by atoms with Gasteiger partial charge in [0.1, 0.15) is 21.2 Å². The largest absolute Gasteiger partial charge is 0.462 e. The van der Waals surface area contributed by atoms with Crippen LogP contribution in [0.15, 0.2) is 11.4 Å². The number of thiophene rings is 2. The van der Waals surface area contributed by atoms with Gasteiger partial charge in [-0.05, 0) is 67.9 Å². The van der Waals surface area contributed by atoms with Gasteiger partial charge in [0.05, 0.1) is 17.9 Å². The topological polar surface area (TPSA) is 81.2 Å². The van der Waals surface area contributed by atoms with Crippen molar-refractivity contribution in [3.8, 4) is 0 Å².